The van der Waals surface area contributed by atoms with Crippen LogP contribution in [0.3, 0.4) is 0 Å². The third kappa shape index (κ3) is 2.83. The molecule has 1 aromatic heterocycles. The van der Waals surface area contributed by atoms with E-state index in [1.807, 2.05) is 0 Å². The number of hydrogen-bond donors (Lipinski definition) is 2. The van der Waals surface area contributed by atoms with E-state index in [-0.39, 0.29) is 17.4 Å². The average Bonchev–Trinajstić information content (AvgIpc) is 3.32. The Morgan fingerprint density at radius 2 is 2.23 bits per heavy atom. The number of hydrogen-bond acceptors (Lipinski definition) is 5. The van der Waals surface area contributed by atoms with E-state index in [9.17, 15) is 9.59 Å². The zero-order chi connectivity index (χ0) is 18.3. The van der Waals surface area contributed by atoms with Crippen LogP contribution in [-0.4, -0.2) is 36.6 Å². The van der Waals surface area contributed by atoms with Crippen molar-refractivity contribution in [2.75, 3.05) is 13.7 Å². The molecule has 2 amide bonds. The van der Waals surface area contributed by atoms with Gasteiger partial charge < -0.3 is 20.5 Å². The number of pyridine rings is 1. The van der Waals surface area contributed by atoms with Crippen molar-refractivity contribution in [1.82, 2.24) is 10.3 Å². The van der Waals surface area contributed by atoms with Crippen molar-refractivity contribution in [3.63, 3.8) is 0 Å². The average molecular weight is 355 g/mol. The number of carbonyl (C=O) groups is 2. The Kier molecular flexibility index (Phi) is 3.94. The fraction of sp³-hybridized carbons (Fsp3) is 0.421. The van der Waals surface area contributed by atoms with Gasteiger partial charge in [-0.3, -0.25) is 9.59 Å². The largest absolute Gasteiger partial charge is 0.496 e. The molecule has 7 nitrogen and oxygen atoms in total. The van der Waals surface area contributed by atoms with Crippen molar-refractivity contribution in [3.05, 3.63) is 30.0 Å². The lowest BCUT2D eigenvalue weighted by atomic mass is 9.95. The van der Waals surface area contributed by atoms with Crippen molar-refractivity contribution < 1.29 is 19.1 Å². The van der Waals surface area contributed by atoms with E-state index < -0.39 is 5.91 Å². The van der Waals surface area contributed by atoms with Gasteiger partial charge in [0.1, 0.15) is 5.75 Å². The second-order valence-corrected chi connectivity index (χ2v) is 7.05. The molecule has 2 heterocycles. The summed E-state index contributed by atoms with van der Waals surface area (Å²) < 4.78 is 11.2. The number of methoxy groups -OCH3 is 1. The lowest BCUT2D eigenvalue weighted by molar-refractivity contribution is -0.119. The van der Waals surface area contributed by atoms with E-state index in [0.717, 1.165) is 30.0 Å². The van der Waals surface area contributed by atoms with Crippen LogP contribution in [0.5, 0.6) is 11.6 Å². The minimum atomic E-state index is -0.547. The van der Waals surface area contributed by atoms with Gasteiger partial charge in [0.05, 0.1) is 19.3 Å². The maximum atomic E-state index is 11.7. The molecule has 2 fully saturated rings. The van der Waals surface area contributed by atoms with Gasteiger partial charge in [-0.05, 0) is 41.8 Å². The van der Waals surface area contributed by atoms with Crippen molar-refractivity contribution >= 4 is 22.6 Å². The molecule has 3 N–H and O–H groups in total. The predicted octanol–water partition coefficient (Wildman–Crippen LogP) is 1.78. The van der Waals surface area contributed by atoms with Gasteiger partial charge in [-0.2, -0.15) is 0 Å². The van der Waals surface area contributed by atoms with E-state index >= 15 is 0 Å². The van der Waals surface area contributed by atoms with Crippen molar-refractivity contribution in [2.24, 2.45) is 11.1 Å². The summed E-state index contributed by atoms with van der Waals surface area (Å²) in [5.41, 5.74) is 5.89. The second kappa shape index (κ2) is 6.16. The van der Waals surface area contributed by atoms with Crippen molar-refractivity contribution in [2.45, 2.75) is 31.7 Å². The molecule has 0 unspecified atom stereocenters. The number of nitrogens with two attached hydrogens (primary N) is 1. The first kappa shape index (κ1) is 16.6. The zero-order valence-electron chi connectivity index (χ0n) is 14.6. The molecule has 26 heavy (non-hydrogen) atoms. The van der Waals surface area contributed by atoms with E-state index in [1.165, 1.54) is 7.11 Å². The predicted molar refractivity (Wildman–Crippen MR) is 95.1 cm³/mol. The molecule has 7 heteroatoms. The number of fused-ring (bicyclic) bond motifs is 1. The van der Waals surface area contributed by atoms with Crippen LogP contribution in [-0.2, 0) is 4.79 Å². The second-order valence-electron chi connectivity index (χ2n) is 7.05. The summed E-state index contributed by atoms with van der Waals surface area (Å²) in [6.07, 6.45) is 5.23. The Morgan fingerprint density at radius 3 is 2.92 bits per heavy atom. The van der Waals surface area contributed by atoms with Gasteiger partial charge in [0.25, 0.3) is 5.91 Å². The maximum absolute atomic E-state index is 11.7. The number of aromatic nitrogens is 1. The summed E-state index contributed by atoms with van der Waals surface area (Å²) >= 11 is 0. The normalized spacial score (nSPS) is 20.2. The molecular weight excluding hydrogens is 334 g/mol. The molecule has 1 spiro atoms. The Bertz CT molecular complexity index is 892. The fourth-order valence-corrected chi connectivity index (χ4v) is 3.83. The Hall–Kier alpha value is -2.83. The molecule has 1 aromatic carbocycles. The SMILES string of the molecule is COc1cc2c(OCC[C@H]3NC(=O)CC34CC4)nccc2cc1C(N)=O. The highest BCUT2D eigenvalue weighted by Gasteiger charge is 2.54. The number of rotatable bonds is 6. The highest BCUT2D eigenvalue weighted by atomic mass is 16.5. The maximum Gasteiger partial charge on any atom is 0.252 e. The fourth-order valence-electron chi connectivity index (χ4n) is 3.83. The zero-order valence-corrected chi connectivity index (χ0v) is 14.6. The molecule has 1 aliphatic carbocycles. The summed E-state index contributed by atoms with van der Waals surface area (Å²) in [5, 5.41) is 4.62. The molecule has 0 bridgehead atoms. The van der Waals surface area contributed by atoms with Crippen LogP contribution < -0.4 is 20.5 Å². The van der Waals surface area contributed by atoms with E-state index in [4.69, 9.17) is 15.2 Å². The van der Waals surface area contributed by atoms with Crippen molar-refractivity contribution in [1.29, 1.82) is 0 Å². The summed E-state index contributed by atoms with van der Waals surface area (Å²) in [4.78, 5) is 27.5. The molecule has 2 aromatic rings. The van der Waals surface area contributed by atoms with E-state index in [2.05, 4.69) is 10.3 Å². The van der Waals surface area contributed by atoms with E-state index in [1.54, 1.807) is 24.4 Å². The number of amides is 2. The molecule has 1 saturated heterocycles. The number of benzene rings is 1. The highest BCUT2D eigenvalue weighted by Crippen LogP contribution is 2.55. The summed E-state index contributed by atoms with van der Waals surface area (Å²) in [6.45, 7) is 0.457. The van der Waals surface area contributed by atoms with Crippen LogP contribution >= 0.6 is 0 Å². The lowest BCUT2D eigenvalue weighted by Crippen LogP contribution is -2.31. The van der Waals surface area contributed by atoms with Gasteiger partial charge in [-0.1, -0.05) is 0 Å². The highest BCUT2D eigenvalue weighted by molar-refractivity contribution is 6.01. The van der Waals surface area contributed by atoms with Crippen LogP contribution in [0.2, 0.25) is 0 Å². The quantitative estimate of drug-likeness (QED) is 0.822. The minimum absolute atomic E-state index is 0.138. The Balaban J connectivity index is 1.53. The molecule has 136 valence electrons. The van der Waals surface area contributed by atoms with Crippen LogP contribution in [0.1, 0.15) is 36.0 Å². The third-order valence-corrected chi connectivity index (χ3v) is 5.44. The summed E-state index contributed by atoms with van der Waals surface area (Å²) in [7, 11) is 1.49. The minimum Gasteiger partial charge on any atom is -0.496 e. The lowest BCUT2D eigenvalue weighted by Gasteiger charge is -2.18. The van der Waals surface area contributed by atoms with Crippen LogP contribution in [0.15, 0.2) is 24.4 Å². The smallest absolute Gasteiger partial charge is 0.252 e. The topological polar surface area (TPSA) is 104 Å². The van der Waals surface area contributed by atoms with Crippen LogP contribution in [0, 0.1) is 5.41 Å². The van der Waals surface area contributed by atoms with Gasteiger partial charge >= 0.3 is 0 Å². The monoisotopic (exact) mass is 355 g/mol. The summed E-state index contributed by atoms with van der Waals surface area (Å²) in [6, 6.07) is 5.38. The Morgan fingerprint density at radius 1 is 1.42 bits per heavy atom. The number of carbonyl (C=O) groups excluding carboxylic acids is 2. The number of nitrogens with one attached hydrogen (secondary N) is 1. The van der Waals surface area contributed by atoms with Crippen LogP contribution in [0.4, 0.5) is 0 Å². The standard InChI is InChI=1S/C19H21N3O4/c1-25-14-9-12-11(8-13(14)17(20)24)2-6-21-18(12)26-7-3-15-19(4-5-19)10-16(23)22-15/h2,6,8-9,15H,3-5,7,10H2,1H3,(H2,20,24)(H,22,23)/t15-/m1/s1. The van der Waals surface area contributed by atoms with E-state index in [0.29, 0.717) is 30.2 Å². The van der Waals surface area contributed by atoms with Gasteiger partial charge in [0.2, 0.25) is 11.8 Å². The Labute approximate surface area is 150 Å². The van der Waals surface area contributed by atoms with Crippen LogP contribution in [0.25, 0.3) is 10.8 Å². The first-order valence-electron chi connectivity index (χ1n) is 8.71. The van der Waals surface area contributed by atoms with Gasteiger partial charge in [-0.15, -0.1) is 0 Å². The molecule has 1 atom stereocenters. The molecule has 4 rings (SSSR count). The first-order valence-corrected chi connectivity index (χ1v) is 8.71. The van der Waals surface area contributed by atoms with Gasteiger partial charge in [0, 0.05) is 30.5 Å². The number of nitrogens with zero attached hydrogens (tertiary/aromatic N) is 1. The first-order chi connectivity index (χ1) is 12.5. The van der Waals surface area contributed by atoms with Crippen molar-refractivity contribution in [3.8, 4) is 11.6 Å². The molecule has 2 aliphatic rings. The summed E-state index contributed by atoms with van der Waals surface area (Å²) in [5.74, 6) is 0.461. The number of ether oxygens (including phenoxy) is 2. The van der Waals surface area contributed by atoms with Gasteiger partial charge in [0.15, 0.2) is 0 Å². The third-order valence-electron chi connectivity index (χ3n) is 5.44. The van der Waals surface area contributed by atoms with Gasteiger partial charge in [-0.25, -0.2) is 4.98 Å². The molecule has 1 aliphatic heterocycles. The number of primary amides is 1. The molecule has 0 radical (unpaired) electrons. The molecular formula is C19H21N3O4. The molecule has 1 saturated carbocycles.